The molecule has 0 saturated carbocycles. The predicted octanol–water partition coefficient (Wildman–Crippen LogP) is 2.34. The predicted molar refractivity (Wildman–Crippen MR) is 85.2 cm³/mol. The minimum absolute atomic E-state index is 0.00873. The molecule has 0 aliphatic carbocycles. The monoisotopic (exact) mass is 312 g/mol. The van der Waals surface area contributed by atoms with Crippen molar-refractivity contribution >= 4 is 17.2 Å². The highest BCUT2D eigenvalue weighted by molar-refractivity contribution is 7.16. The number of nitrogens with zero attached hydrogens (tertiary/aromatic N) is 3. The van der Waals surface area contributed by atoms with Crippen LogP contribution in [0.3, 0.4) is 0 Å². The standard InChI is InChI=1S/C16H16N4OS/c1-11-8-20(10-17)9-13(11)19-15(21)14-7-18-16(22-14)12-5-3-2-4-6-12/h2-7,11,13H,8-9H2,1H3,(H,19,21)/t11-,13-/m1/s1. The third-order valence-electron chi connectivity index (χ3n) is 3.82. The quantitative estimate of drug-likeness (QED) is 0.883. The number of rotatable bonds is 3. The molecule has 1 amide bonds. The maximum absolute atomic E-state index is 12.3. The number of aromatic nitrogens is 1. The van der Waals surface area contributed by atoms with Crippen molar-refractivity contribution in [1.82, 2.24) is 15.2 Å². The largest absolute Gasteiger partial charge is 0.346 e. The zero-order chi connectivity index (χ0) is 15.5. The minimum atomic E-state index is -0.115. The molecule has 112 valence electrons. The maximum atomic E-state index is 12.3. The molecule has 2 atom stereocenters. The van der Waals surface area contributed by atoms with Crippen LogP contribution in [0.15, 0.2) is 36.5 Å². The third kappa shape index (κ3) is 2.95. The average Bonchev–Trinajstić information content (AvgIpc) is 3.16. The molecule has 0 unspecified atom stereocenters. The molecule has 1 aromatic carbocycles. The molecule has 1 aromatic heterocycles. The number of hydrogen-bond acceptors (Lipinski definition) is 5. The highest BCUT2D eigenvalue weighted by atomic mass is 32.1. The Balaban J connectivity index is 1.69. The number of benzene rings is 1. The van der Waals surface area contributed by atoms with E-state index in [2.05, 4.69) is 16.5 Å². The molecule has 5 nitrogen and oxygen atoms in total. The lowest BCUT2D eigenvalue weighted by atomic mass is 10.1. The van der Waals surface area contributed by atoms with Gasteiger partial charge in [0, 0.05) is 18.7 Å². The smallest absolute Gasteiger partial charge is 0.263 e. The van der Waals surface area contributed by atoms with Crippen LogP contribution in [0.1, 0.15) is 16.6 Å². The van der Waals surface area contributed by atoms with Gasteiger partial charge < -0.3 is 10.2 Å². The van der Waals surface area contributed by atoms with Gasteiger partial charge in [-0.2, -0.15) is 5.26 Å². The molecular weight excluding hydrogens is 296 g/mol. The lowest BCUT2D eigenvalue weighted by Crippen LogP contribution is -2.39. The summed E-state index contributed by atoms with van der Waals surface area (Å²) in [4.78, 5) is 18.9. The van der Waals surface area contributed by atoms with Crippen LogP contribution in [0.25, 0.3) is 10.6 Å². The molecular formula is C16H16N4OS. The van der Waals surface area contributed by atoms with Crippen molar-refractivity contribution in [2.45, 2.75) is 13.0 Å². The molecule has 0 spiro atoms. The van der Waals surface area contributed by atoms with Crippen molar-refractivity contribution in [3.8, 4) is 16.8 Å². The molecule has 1 aliphatic heterocycles. The van der Waals surface area contributed by atoms with Gasteiger partial charge in [-0.25, -0.2) is 4.98 Å². The van der Waals surface area contributed by atoms with Crippen LogP contribution in [-0.2, 0) is 0 Å². The maximum Gasteiger partial charge on any atom is 0.263 e. The summed E-state index contributed by atoms with van der Waals surface area (Å²) in [7, 11) is 0. The Morgan fingerprint density at radius 3 is 2.86 bits per heavy atom. The van der Waals surface area contributed by atoms with Gasteiger partial charge in [0.15, 0.2) is 6.19 Å². The topological polar surface area (TPSA) is 69.0 Å². The molecule has 22 heavy (non-hydrogen) atoms. The molecule has 1 fully saturated rings. The van der Waals surface area contributed by atoms with Crippen LogP contribution in [0.2, 0.25) is 0 Å². The number of nitriles is 1. The van der Waals surface area contributed by atoms with Crippen LogP contribution in [0.4, 0.5) is 0 Å². The number of thiazole rings is 1. The van der Waals surface area contributed by atoms with Crippen LogP contribution in [0, 0.1) is 17.4 Å². The summed E-state index contributed by atoms with van der Waals surface area (Å²) in [5.41, 5.74) is 1.01. The van der Waals surface area contributed by atoms with E-state index in [0.717, 1.165) is 10.6 Å². The molecule has 1 aliphatic rings. The van der Waals surface area contributed by atoms with Crippen LogP contribution in [-0.4, -0.2) is 34.9 Å². The fraction of sp³-hybridized carbons (Fsp3) is 0.312. The van der Waals surface area contributed by atoms with Crippen molar-refractivity contribution in [1.29, 1.82) is 5.26 Å². The highest BCUT2D eigenvalue weighted by Gasteiger charge is 2.30. The summed E-state index contributed by atoms with van der Waals surface area (Å²) in [5.74, 6) is 0.154. The van der Waals surface area contributed by atoms with Gasteiger partial charge in [-0.1, -0.05) is 37.3 Å². The third-order valence-corrected chi connectivity index (χ3v) is 4.87. The van der Waals surface area contributed by atoms with Crippen molar-refractivity contribution < 1.29 is 4.79 Å². The summed E-state index contributed by atoms with van der Waals surface area (Å²) in [6.07, 6.45) is 3.75. The number of carbonyl (C=O) groups excluding carboxylic acids is 1. The summed E-state index contributed by atoms with van der Waals surface area (Å²) < 4.78 is 0. The Hall–Kier alpha value is -2.39. The Kier molecular flexibility index (Phi) is 4.07. The number of hydrogen-bond donors (Lipinski definition) is 1. The number of carbonyl (C=O) groups is 1. The van der Waals surface area contributed by atoms with E-state index in [0.29, 0.717) is 18.0 Å². The molecule has 1 saturated heterocycles. The van der Waals surface area contributed by atoms with E-state index >= 15 is 0 Å². The van der Waals surface area contributed by atoms with E-state index in [1.807, 2.05) is 37.3 Å². The zero-order valence-electron chi connectivity index (χ0n) is 12.2. The van der Waals surface area contributed by atoms with Gasteiger partial charge in [-0.05, 0) is 5.92 Å². The summed E-state index contributed by atoms with van der Waals surface area (Å²) in [6, 6.07) is 9.82. The molecule has 0 bridgehead atoms. The van der Waals surface area contributed by atoms with Crippen molar-refractivity contribution in [3.05, 3.63) is 41.4 Å². The van der Waals surface area contributed by atoms with Gasteiger partial charge in [0.1, 0.15) is 9.88 Å². The van der Waals surface area contributed by atoms with E-state index in [1.54, 1.807) is 11.1 Å². The van der Waals surface area contributed by atoms with Crippen LogP contribution in [0.5, 0.6) is 0 Å². The first kappa shape index (κ1) is 14.5. The second kappa shape index (κ2) is 6.16. The van der Waals surface area contributed by atoms with E-state index < -0.39 is 0 Å². The van der Waals surface area contributed by atoms with E-state index in [1.165, 1.54) is 11.3 Å². The van der Waals surface area contributed by atoms with Gasteiger partial charge in [0.2, 0.25) is 0 Å². The van der Waals surface area contributed by atoms with Crippen LogP contribution < -0.4 is 5.32 Å². The molecule has 6 heteroatoms. The van der Waals surface area contributed by atoms with Gasteiger partial charge in [0.05, 0.1) is 12.2 Å². The normalized spacial score (nSPS) is 20.6. The molecule has 2 heterocycles. The zero-order valence-corrected chi connectivity index (χ0v) is 13.0. The van der Waals surface area contributed by atoms with E-state index in [9.17, 15) is 4.79 Å². The lowest BCUT2D eigenvalue weighted by molar-refractivity contribution is 0.0936. The SMILES string of the molecule is C[C@@H]1CN(C#N)C[C@H]1NC(=O)c1cnc(-c2ccccc2)s1. The van der Waals surface area contributed by atoms with Gasteiger partial charge in [-0.3, -0.25) is 4.79 Å². The Bertz CT molecular complexity index is 706. The van der Waals surface area contributed by atoms with Crippen molar-refractivity contribution in [2.24, 2.45) is 5.92 Å². The molecule has 0 radical (unpaired) electrons. The fourth-order valence-corrected chi connectivity index (χ4v) is 3.39. The lowest BCUT2D eigenvalue weighted by Gasteiger charge is -2.14. The Labute approximate surface area is 133 Å². The summed E-state index contributed by atoms with van der Waals surface area (Å²) in [6.45, 7) is 3.32. The van der Waals surface area contributed by atoms with Crippen molar-refractivity contribution in [3.63, 3.8) is 0 Å². The van der Waals surface area contributed by atoms with E-state index in [4.69, 9.17) is 5.26 Å². The Morgan fingerprint density at radius 2 is 2.18 bits per heavy atom. The number of nitrogens with one attached hydrogen (secondary N) is 1. The Morgan fingerprint density at radius 1 is 1.41 bits per heavy atom. The summed E-state index contributed by atoms with van der Waals surface area (Å²) >= 11 is 1.38. The molecule has 2 aromatic rings. The highest BCUT2D eigenvalue weighted by Crippen LogP contribution is 2.25. The fourth-order valence-electron chi connectivity index (χ4n) is 2.57. The number of likely N-dealkylation sites (tertiary alicyclic amines) is 1. The van der Waals surface area contributed by atoms with Gasteiger partial charge in [-0.15, -0.1) is 11.3 Å². The first-order chi connectivity index (χ1) is 10.7. The first-order valence-electron chi connectivity index (χ1n) is 7.14. The van der Waals surface area contributed by atoms with Gasteiger partial charge in [0.25, 0.3) is 5.91 Å². The minimum Gasteiger partial charge on any atom is -0.346 e. The second-order valence-corrected chi connectivity index (χ2v) is 6.49. The van der Waals surface area contributed by atoms with Gasteiger partial charge >= 0.3 is 0 Å². The summed E-state index contributed by atoms with van der Waals surface area (Å²) in [5, 5.41) is 12.8. The molecule has 1 N–H and O–H groups in total. The second-order valence-electron chi connectivity index (χ2n) is 5.46. The van der Waals surface area contributed by atoms with E-state index in [-0.39, 0.29) is 17.9 Å². The first-order valence-corrected chi connectivity index (χ1v) is 7.96. The van der Waals surface area contributed by atoms with Crippen molar-refractivity contribution in [2.75, 3.05) is 13.1 Å². The number of amides is 1. The van der Waals surface area contributed by atoms with Crippen LogP contribution >= 0.6 is 11.3 Å². The molecule has 3 rings (SSSR count). The average molecular weight is 312 g/mol.